The summed E-state index contributed by atoms with van der Waals surface area (Å²) in [6.45, 7) is 3.92. The van der Waals surface area contributed by atoms with Crippen LogP contribution in [0.15, 0.2) is 12.1 Å². The van der Waals surface area contributed by atoms with Crippen molar-refractivity contribution in [1.29, 1.82) is 0 Å². The molecule has 0 bridgehead atoms. The second-order valence-electron chi connectivity index (χ2n) is 11.6. The molecule has 39 heavy (non-hydrogen) atoms. The zero-order chi connectivity index (χ0) is 28.9. The van der Waals surface area contributed by atoms with Crippen molar-refractivity contribution >= 4 is 21.8 Å². The van der Waals surface area contributed by atoms with Crippen LogP contribution in [0.1, 0.15) is 132 Å². The number of sulfone groups is 1. The van der Waals surface area contributed by atoms with Gasteiger partial charge in [-0.15, -0.1) is 0 Å². The number of aromatic hydroxyl groups is 1. The first kappa shape index (κ1) is 33.1. The summed E-state index contributed by atoms with van der Waals surface area (Å²) in [5.74, 6) is -3.26. The number of unbranched alkanes of at least 4 members (excludes halogenated alkanes) is 9. The van der Waals surface area contributed by atoms with Crippen molar-refractivity contribution in [2.24, 2.45) is 5.41 Å². The molecule has 0 spiro atoms. The Bertz CT molecular complexity index is 1010. The van der Waals surface area contributed by atoms with Gasteiger partial charge in [0.2, 0.25) is 0 Å². The molecule has 0 heterocycles. The molecule has 0 amide bonds. The van der Waals surface area contributed by atoms with Gasteiger partial charge < -0.3 is 15.3 Å². The van der Waals surface area contributed by atoms with Gasteiger partial charge in [-0.05, 0) is 61.6 Å². The second kappa shape index (κ2) is 16.2. The number of hydrogen-bond acceptors (Lipinski definition) is 5. The minimum Gasteiger partial charge on any atom is -0.507 e. The van der Waals surface area contributed by atoms with Gasteiger partial charge in [0.05, 0.1) is 11.5 Å². The molecule has 0 unspecified atom stereocenters. The number of aliphatic carboxylic acids is 2. The number of carbonyl (C=O) groups is 2. The number of carboxylic acid groups (broad SMARTS) is 2. The zero-order valence-electron chi connectivity index (χ0n) is 24.0. The van der Waals surface area contributed by atoms with Crippen LogP contribution in [0.5, 0.6) is 5.75 Å². The van der Waals surface area contributed by atoms with Crippen LogP contribution in [-0.4, -0.2) is 47.2 Å². The molecule has 0 atom stereocenters. The maximum Gasteiger partial charge on any atom is 0.321 e. The zero-order valence-corrected chi connectivity index (χ0v) is 24.9. The Morgan fingerprint density at radius 2 is 1.38 bits per heavy atom. The van der Waals surface area contributed by atoms with E-state index < -0.39 is 39.4 Å². The number of benzene rings is 1. The number of phenolic OH excluding ortho intramolecular Hbond substituents is 1. The van der Waals surface area contributed by atoms with Gasteiger partial charge in [-0.1, -0.05) is 96.1 Å². The van der Waals surface area contributed by atoms with Crippen molar-refractivity contribution in [3.8, 4) is 5.75 Å². The quantitative estimate of drug-likeness (QED) is 0.120. The topological polar surface area (TPSA) is 129 Å². The second-order valence-corrected chi connectivity index (χ2v) is 13.9. The molecule has 1 aliphatic carbocycles. The molecule has 0 aromatic heterocycles. The van der Waals surface area contributed by atoms with Gasteiger partial charge >= 0.3 is 11.9 Å². The summed E-state index contributed by atoms with van der Waals surface area (Å²) in [7, 11) is -3.59. The first-order valence-corrected chi connectivity index (χ1v) is 16.8. The Morgan fingerprint density at radius 3 is 1.92 bits per heavy atom. The fraction of sp³-hybridized carbons (Fsp3) is 0.742. The highest BCUT2D eigenvalue weighted by atomic mass is 32.2. The average Bonchev–Trinajstić information content (AvgIpc) is 2.89. The number of hydrogen-bond donors (Lipinski definition) is 3. The molecule has 1 aromatic carbocycles. The fourth-order valence-electron chi connectivity index (χ4n) is 5.85. The molecule has 222 valence electrons. The highest BCUT2D eigenvalue weighted by Crippen LogP contribution is 2.40. The Hall–Kier alpha value is -2.09. The van der Waals surface area contributed by atoms with Crippen LogP contribution in [0, 0.1) is 12.3 Å². The van der Waals surface area contributed by atoms with Crippen molar-refractivity contribution in [3.05, 3.63) is 28.8 Å². The molecule has 1 fully saturated rings. The van der Waals surface area contributed by atoms with E-state index in [0.717, 1.165) is 63.4 Å². The van der Waals surface area contributed by atoms with E-state index >= 15 is 0 Å². The minimum atomic E-state index is -3.59. The maximum atomic E-state index is 12.8. The van der Waals surface area contributed by atoms with Crippen molar-refractivity contribution in [2.75, 3.05) is 11.5 Å². The summed E-state index contributed by atoms with van der Waals surface area (Å²) in [4.78, 5) is 24.7. The lowest BCUT2D eigenvalue weighted by atomic mass is 9.77. The van der Waals surface area contributed by atoms with Gasteiger partial charge in [-0.25, -0.2) is 8.42 Å². The molecule has 1 aliphatic rings. The van der Waals surface area contributed by atoms with Crippen LogP contribution in [0.2, 0.25) is 0 Å². The van der Waals surface area contributed by atoms with E-state index in [9.17, 15) is 33.3 Å². The third kappa shape index (κ3) is 10.4. The van der Waals surface area contributed by atoms with Crippen LogP contribution < -0.4 is 0 Å². The molecule has 0 saturated heterocycles. The van der Waals surface area contributed by atoms with E-state index in [1.165, 1.54) is 32.1 Å². The fourth-order valence-corrected chi connectivity index (χ4v) is 7.35. The molecular weight excluding hydrogens is 516 g/mol. The van der Waals surface area contributed by atoms with E-state index in [2.05, 4.69) is 6.92 Å². The van der Waals surface area contributed by atoms with Crippen molar-refractivity contribution in [3.63, 3.8) is 0 Å². The third-order valence-corrected chi connectivity index (χ3v) is 10.1. The predicted molar refractivity (Wildman–Crippen MR) is 155 cm³/mol. The van der Waals surface area contributed by atoms with Crippen LogP contribution in [0.3, 0.4) is 0 Å². The number of phenols is 1. The van der Waals surface area contributed by atoms with Crippen molar-refractivity contribution < 1.29 is 33.3 Å². The van der Waals surface area contributed by atoms with Crippen LogP contribution >= 0.6 is 0 Å². The first-order valence-electron chi connectivity index (χ1n) is 15.0. The summed E-state index contributed by atoms with van der Waals surface area (Å²) in [6.07, 6.45) is 15.1. The smallest absolute Gasteiger partial charge is 0.321 e. The number of rotatable bonds is 19. The Kier molecular flexibility index (Phi) is 13.8. The molecule has 1 saturated carbocycles. The molecule has 0 aliphatic heterocycles. The lowest BCUT2D eigenvalue weighted by Gasteiger charge is -2.27. The highest BCUT2D eigenvalue weighted by molar-refractivity contribution is 7.91. The van der Waals surface area contributed by atoms with Crippen LogP contribution in [0.4, 0.5) is 0 Å². The Balaban J connectivity index is 2.00. The summed E-state index contributed by atoms with van der Waals surface area (Å²) >= 11 is 0. The van der Waals surface area contributed by atoms with E-state index in [1.807, 2.05) is 0 Å². The van der Waals surface area contributed by atoms with Gasteiger partial charge in [0.1, 0.15) is 15.6 Å². The predicted octanol–water partition coefficient (Wildman–Crippen LogP) is 7.17. The van der Waals surface area contributed by atoms with E-state index in [1.54, 1.807) is 19.1 Å². The maximum absolute atomic E-state index is 12.8. The normalized spacial score (nSPS) is 14.9. The van der Waals surface area contributed by atoms with Crippen LogP contribution in [0.25, 0.3) is 0 Å². The van der Waals surface area contributed by atoms with Gasteiger partial charge in [0, 0.05) is 0 Å². The summed E-state index contributed by atoms with van der Waals surface area (Å²) in [6, 6.07) is 3.36. The average molecular weight is 567 g/mol. The Morgan fingerprint density at radius 1 is 0.846 bits per heavy atom. The summed E-state index contributed by atoms with van der Waals surface area (Å²) < 4.78 is 25.5. The monoisotopic (exact) mass is 566 g/mol. The molecule has 2 rings (SSSR count). The number of carboxylic acids is 2. The third-order valence-electron chi connectivity index (χ3n) is 8.41. The van der Waals surface area contributed by atoms with Gasteiger partial charge in [0.15, 0.2) is 5.41 Å². The van der Waals surface area contributed by atoms with E-state index in [-0.39, 0.29) is 23.8 Å². The standard InChI is InChI=1S/C31H50O7S/c1-3-4-5-6-7-8-9-10-11-15-19-39(37,38)20-18-31(29(33)34,30(35)36)23-25-21-24(2)28(32)27(22-25)26-16-13-12-14-17-26/h21-22,26,32H,3-20,23H2,1-2H3,(H,33,34)(H,35,36). The van der Waals surface area contributed by atoms with Crippen LogP contribution in [-0.2, 0) is 25.8 Å². The molecule has 1 aromatic rings. The molecule has 0 radical (unpaired) electrons. The molecule has 8 heteroatoms. The molecular formula is C31H50O7S. The first-order chi connectivity index (χ1) is 18.5. The van der Waals surface area contributed by atoms with E-state index in [0.29, 0.717) is 17.5 Å². The minimum absolute atomic E-state index is 0.0526. The number of aryl methyl sites for hydroxylation is 1. The largest absolute Gasteiger partial charge is 0.507 e. The van der Waals surface area contributed by atoms with Crippen molar-refractivity contribution in [1.82, 2.24) is 0 Å². The molecule has 3 N–H and O–H groups in total. The SMILES string of the molecule is CCCCCCCCCCCCS(=O)(=O)CCC(Cc1cc(C)c(O)c(C2CCCCC2)c1)(C(=O)O)C(=O)O. The van der Waals surface area contributed by atoms with E-state index in [4.69, 9.17) is 0 Å². The Labute approximate surface area is 235 Å². The van der Waals surface area contributed by atoms with Crippen molar-refractivity contribution in [2.45, 2.75) is 129 Å². The molecule has 7 nitrogen and oxygen atoms in total. The lowest BCUT2D eigenvalue weighted by Crippen LogP contribution is -2.43. The van der Waals surface area contributed by atoms with Gasteiger partial charge in [0.25, 0.3) is 0 Å². The highest BCUT2D eigenvalue weighted by Gasteiger charge is 2.47. The lowest BCUT2D eigenvalue weighted by molar-refractivity contribution is -0.164. The van der Waals surface area contributed by atoms with Gasteiger partial charge in [-0.2, -0.15) is 0 Å². The van der Waals surface area contributed by atoms with Gasteiger partial charge in [-0.3, -0.25) is 9.59 Å². The summed E-state index contributed by atoms with van der Waals surface area (Å²) in [5, 5.41) is 30.8. The summed E-state index contributed by atoms with van der Waals surface area (Å²) in [5.41, 5.74) is -0.435.